The first kappa shape index (κ1) is 15.0. The van der Waals surface area contributed by atoms with Crippen LogP contribution in [0.15, 0.2) is 77.2 Å². The van der Waals surface area contributed by atoms with Crippen molar-refractivity contribution in [3.8, 4) is 0 Å². The summed E-state index contributed by atoms with van der Waals surface area (Å²) in [5.41, 5.74) is 3.03. The molecule has 0 spiro atoms. The molecule has 2 aliphatic rings. The lowest BCUT2D eigenvalue weighted by molar-refractivity contribution is -0.137. The van der Waals surface area contributed by atoms with Gasteiger partial charge in [-0.1, -0.05) is 36.4 Å². The van der Waals surface area contributed by atoms with Crippen molar-refractivity contribution in [3.63, 3.8) is 0 Å². The van der Waals surface area contributed by atoms with Crippen LogP contribution in [0.1, 0.15) is 13.3 Å². The van der Waals surface area contributed by atoms with Crippen LogP contribution in [0, 0.1) is 0 Å². The Balaban J connectivity index is 2.11. The lowest BCUT2D eigenvalue weighted by Crippen LogP contribution is -2.18. The maximum Gasteiger partial charge on any atom is 0.343 e. The molecule has 1 heterocycles. The van der Waals surface area contributed by atoms with Crippen LogP contribution in [0.4, 0.5) is 5.69 Å². The summed E-state index contributed by atoms with van der Waals surface area (Å²) >= 11 is 0. The third-order valence-electron chi connectivity index (χ3n) is 3.92. The largest absolute Gasteiger partial charge is 0.465 e. The number of para-hydroxylation sites is 1. The number of methoxy groups -OCH3 is 1. The van der Waals surface area contributed by atoms with Gasteiger partial charge in [0, 0.05) is 11.4 Å². The molecule has 1 aromatic carbocycles. The van der Waals surface area contributed by atoms with Gasteiger partial charge in [0.15, 0.2) is 0 Å². The van der Waals surface area contributed by atoms with Crippen LogP contribution in [0.2, 0.25) is 0 Å². The lowest BCUT2D eigenvalue weighted by atomic mass is 10.1. The minimum Gasteiger partial charge on any atom is -0.465 e. The summed E-state index contributed by atoms with van der Waals surface area (Å²) in [6.07, 6.45) is 8.58. The maximum absolute atomic E-state index is 12.8. The van der Waals surface area contributed by atoms with Crippen molar-refractivity contribution >= 4 is 17.4 Å². The molecule has 0 unspecified atom stereocenters. The number of hydrogen-bond donors (Lipinski definition) is 0. The molecule has 0 aromatic heterocycles. The van der Waals surface area contributed by atoms with E-state index in [0.29, 0.717) is 11.4 Å². The number of carbonyl (C=O) groups is 2. The van der Waals surface area contributed by atoms with Crippen LogP contribution >= 0.6 is 0 Å². The van der Waals surface area contributed by atoms with Gasteiger partial charge < -0.3 is 9.64 Å². The lowest BCUT2D eigenvalue weighted by Gasteiger charge is -2.21. The first-order valence-corrected chi connectivity index (χ1v) is 7.40. The molecule has 1 aliphatic heterocycles. The molecule has 1 aromatic rings. The van der Waals surface area contributed by atoms with E-state index < -0.39 is 5.97 Å². The van der Waals surface area contributed by atoms with Crippen LogP contribution in [0.25, 0.3) is 0 Å². The van der Waals surface area contributed by atoms with Crippen LogP contribution in [-0.2, 0) is 14.3 Å². The fourth-order valence-electron chi connectivity index (χ4n) is 2.82. The molecule has 0 fully saturated rings. The Labute approximate surface area is 135 Å². The van der Waals surface area contributed by atoms with Crippen LogP contribution in [0.3, 0.4) is 0 Å². The summed E-state index contributed by atoms with van der Waals surface area (Å²) in [6.45, 7) is 1.76. The molecule has 0 amide bonds. The van der Waals surface area contributed by atoms with Crippen LogP contribution < -0.4 is 4.90 Å². The Morgan fingerprint density at radius 3 is 2.61 bits per heavy atom. The van der Waals surface area contributed by atoms with Gasteiger partial charge in [-0.2, -0.15) is 0 Å². The second kappa shape index (κ2) is 6.08. The number of ketones is 1. The number of allylic oxidation sites excluding steroid dienone is 7. The number of benzene rings is 1. The first-order valence-electron chi connectivity index (χ1n) is 7.40. The Morgan fingerprint density at radius 1 is 1.26 bits per heavy atom. The molecule has 0 saturated heterocycles. The third-order valence-corrected chi connectivity index (χ3v) is 3.92. The van der Waals surface area contributed by atoms with Crippen molar-refractivity contribution in [1.82, 2.24) is 0 Å². The van der Waals surface area contributed by atoms with Crippen LogP contribution in [-0.4, -0.2) is 18.9 Å². The molecular formula is C19H17NO3. The fraction of sp³-hybridized carbons (Fsp3) is 0.158. The van der Waals surface area contributed by atoms with E-state index in [2.05, 4.69) is 0 Å². The number of ether oxygens (including phenoxy) is 1. The minimum absolute atomic E-state index is 0.0918. The molecule has 4 nitrogen and oxygen atoms in total. The van der Waals surface area contributed by atoms with E-state index in [-0.39, 0.29) is 11.4 Å². The van der Waals surface area contributed by atoms with Gasteiger partial charge in [-0.15, -0.1) is 0 Å². The van der Waals surface area contributed by atoms with E-state index in [4.69, 9.17) is 4.74 Å². The van der Waals surface area contributed by atoms with Gasteiger partial charge in [0.05, 0.1) is 12.8 Å². The maximum atomic E-state index is 12.8. The fourth-order valence-corrected chi connectivity index (χ4v) is 2.82. The highest BCUT2D eigenvalue weighted by Gasteiger charge is 2.38. The standard InChI is InChI=1S/C19H17NO3/c1-13-17(19(22)23-2)18(21)16(12-14-8-6-7-9-14)20(13)15-10-4-3-5-11-15/h3-8,10-12H,9H2,1-2H3/b16-12+. The van der Waals surface area contributed by atoms with Gasteiger partial charge in [0.2, 0.25) is 5.78 Å². The molecule has 0 radical (unpaired) electrons. The summed E-state index contributed by atoms with van der Waals surface area (Å²) in [7, 11) is 1.29. The topological polar surface area (TPSA) is 46.6 Å². The summed E-state index contributed by atoms with van der Waals surface area (Å²) < 4.78 is 4.78. The van der Waals surface area contributed by atoms with Gasteiger partial charge in [-0.3, -0.25) is 4.79 Å². The number of rotatable bonds is 3. The van der Waals surface area contributed by atoms with Crippen molar-refractivity contribution < 1.29 is 14.3 Å². The number of carbonyl (C=O) groups excluding carboxylic acids is 2. The van der Waals surface area contributed by atoms with Crippen molar-refractivity contribution in [1.29, 1.82) is 0 Å². The Bertz CT molecular complexity index is 782. The molecule has 0 N–H and O–H groups in total. The third kappa shape index (κ3) is 2.63. The predicted molar refractivity (Wildman–Crippen MR) is 88.6 cm³/mol. The van der Waals surface area contributed by atoms with E-state index in [1.807, 2.05) is 59.5 Å². The molecule has 0 atom stereocenters. The van der Waals surface area contributed by atoms with Crippen LogP contribution in [0.5, 0.6) is 0 Å². The van der Waals surface area contributed by atoms with Gasteiger partial charge in [-0.05, 0) is 37.1 Å². The number of anilines is 1. The minimum atomic E-state index is -0.602. The molecule has 0 bridgehead atoms. The van der Waals surface area contributed by atoms with Gasteiger partial charge in [0.25, 0.3) is 0 Å². The Kier molecular flexibility index (Phi) is 3.98. The highest BCUT2D eigenvalue weighted by molar-refractivity contribution is 6.29. The highest BCUT2D eigenvalue weighted by Crippen LogP contribution is 2.35. The molecule has 0 saturated carbocycles. The van der Waals surface area contributed by atoms with E-state index >= 15 is 0 Å². The Morgan fingerprint density at radius 2 is 2.00 bits per heavy atom. The molecule has 116 valence electrons. The molecule has 4 heteroatoms. The zero-order valence-electron chi connectivity index (χ0n) is 13.1. The number of esters is 1. The summed E-state index contributed by atoms with van der Waals surface area (Å²) in [5.74, 6) is -0.902. The van der Waals surface area contributed by atoms with E-state index in [1.54, 1.807) is 6.92 Å². The molecular weight excluding hydrogens is 290 g/mol. The predicted octanol–water partition coefficient (Wildman–Crippen LogP) is 3.29. The number of Topliss-reactive ketones (excluding diaryl/α,β-unsaturated/α-hetero) is 1. The summed E-state index contributed by atoms with van der Waals surface area (Å²) in [6, 6.07) is 9.53. The van der Waals surface area contributed by atoms with Gasteiger partial charge in [-0.25, -0.2) is 4.79 Å². The SMILES string of the molecule is COC(=O)C1=C(C)N(c2ccccc2)/C(=C/C2=CC=CC2)C1=O. The monoisotopic (exact) mass is 307 g/mol. The van der Waals surface area contributed by atoms with Gasteiger partial charge >= 0.3 is 5.97 Å². The molecule has 23 heavy (non-hydrogen) atoms. The number of hydrogen-bond acceptors (Lipinski definition) is 4. The van der Waals surface area contributed by atoms with Crippen molar-refractivity contribution in [2.75, 3.05) is 12.0 Å². The number of nitrogens with zero attached hydrogens (tertiary/aromatic N) is 1. The zero-order valence-corrected chi connectivity index (χ0v) is 13.1. The second-order valence-corrected chi connectivity index (χ2v) is 5.36. The van der Waals surface area contributed by atoms with Crippen molar-refractivity contribution in [2.45, 2.75) is 13.3 Å². The van der Waals surface area contributed by atoms with Gasteiger partial charge in [0.1, 0.15) is 5.57 Å². The summed E-state index contributed by atoms with van der Waals surface area (Å²) in [4.78, 5) is 26.6. The second-order valence-electron chi connectivity index (χ2n) is 5.36. The van der Waals surface area contributed by atoms with E-state index in [0.717, 1.165) is 17.7 Å². The summed E-state index contributed by atoms with van der Waals surface area (Å²) in [5, 5.41) is 0. The average Bonchev–Trinajstić information content (AvgIpc) is 3.15. The van der Waals surface area contributed by atoms with Crippen molar-refractivity contribution in [2.24, 2.45) is 0 Å². The normalized spacial score (nSPS) is 18.9. The highest BCUT2D eigenvalue weighted by atomic mass is 16.5. The van der Waals surface area contributed by atoms with E-state index in [9.17, 15) is 9.59 Å². The van der Waals surface area contributed by atoms with E-state index in [1.165, 1.54) is 7.11 Å². The zero-order chi connectivity index (χ0) is 16.4. The Hall–Kier alpha value is -2.88. The smallest absolute Gasteiger partial charge is 0.343 e. The average molecular weight is 307 g/mol. The molecule has 1 aliphatic carbocycles. The quantitative estimate of drug-likeness (QED) is 0.488. The van der Waals surface area contributed by atoms with Crippen molar-refractivity contribution in [3.05, 3.63) is 77.2 Å². The first-order chi connectivity index (χ1) is 11.1. The molecule has 3 rings (SSSR count).